The van der Waals surface area contributed by atoms with Crippen molar-refractivity contribution in [2.24, 2.45) is 0 Å². The van der Waals surface area contributed by atoms with Crippen LogP contribution in [0.15, 0.2) is 17.0 Å². The van der Waals surface area contributed by atoms with Gasteiger partial charge >= 0.3 is 0 Å². The van der Waals surface area contributed by atoms with Crippen molar-refractivity contribution in [3.05, 3.63) is 33.4 Å². The highest BCUT2D eigenvalue weighted by molar-refractivity contribution is 8.13. The number of hydrogen-bond donors (Lipinski definition) is 0. The van der Waals surface area contributed by atoms with Gasteiger partial charge in [0.25, 0.3) is 14.7 Å². The molecule has 1 rings (SSSR count). The van der Waals surface area contributed by atoms with Crippen LogP contribution in [0.3, 0.4) is 0 Å². The summed E-state index contributed by atoms with van der Waals surface area (Å²) in [6, 6.07) is 2.29. The minimum Gasteiger partial charge on any atom is -0.298 e. The third-order valence-corrected chi connectivity index (χ3v) is 3.32. The number of hydrogen-bond acceptors (Lipinski definition) is 5. The molecule has 0 aliphatic heterocycles. The van der Waals surface area contributed by atoms with Gasteiger partial charge in [0, 0.05) is 16.2 Å². The Balaban J connectivity index is 3.76. The van der Waals surface area contributed by atoms with Gasteiger partial charge in [-0.2, -0.15) is 0 Å². The predicted molar refractivity (Wildman–Crippen MR) is 56.3 cm³/mol. The molecule has 0 aromatic heterocycles. The summed E-state index contributed by atoms with van der Waals surface area (Å²) in [4.78, 5) is 20.0. The van der Waals surface area contributed by atoms with Gasteiger partial charge in [-0.05, 0) is 13.0 Å². The summed E-state index contributed by atoms with van der Waals surface area (Å²) in [6.45, 7) is 1.40. The molecule has 0 unspecified atom stereocenters. The van der Waals surface area contributed by atoms with Crippen LogP contribution in [0.1, 0.15) is 15.9 Å². The van der Waals surface area contributed by atoms with Crippen LogP contribution in [0.25, 0.3) is 0 Å². The molecule has 0 amide bonds. The number of nitrogens with zero attached hydrogens (tertiary/aromatic N) is 1. The Morgan fingerprint density at radius 3 is 2.38 bits per heavy atom. The van der Waals surface area contributed by atoms with Crippen LogP contribution in [0.2, 0.25) is 0 Å². The lowest BCUT2D eigenvalue weighted by Gasteiger charge is -2.04. The standard InChI is InChI=1S/C8H6ClNO5S/c1-5-2-3-7(16(9,14)15)6(4-11)8(5)10(12)13/h2-4H,1H3. The monoisotopic (exact) mass is 263 g/mol. The van der Waals surface area contributed by atoms with Gasteiger partial charge in [-0.25, -0.2) is 8.42 Å². The molecule has 0 fully saturated rings. The van der Waals surface area contributed by atoms with Crippen LogP contribution < -0.4 is 0 Å². The normalized spacial score (nSPS) is 11.1. The summed E-state index contributed by atoms with van der Waals surface area (Å²) in [5.74, 6) is 0. The number of carbonyl (C=O) groups is 1. The molecule has 0 saturated carbocycles. The van der Waals surface area contributed by atoms with E-state index in [0.29, 0.717) is 0 Å². The summed E-state index contributed by atoms with van der Waals surface area (Å²) in [6.07, 6.45) is 0.112. The van der Waals surface area contributed by atoms with Crippen molar-refractivity contribution in [1.29, 1.82) is 0 Å². The summed E-state index contributed by atoms with van der Waals surface area (Å²) in [5.41, 5.74) is -0.882. The Hall–Kier alpha value is -1.47. The van der Waals surface area contributed by atoms with E-state index in [1.54, 1.807) is 0 Å². The lowest BCUT2D eigenvalue weighted by Crippen LogP contribution is -2.04. The lowest BCUT2D eigenvalue weighted by molar-refractivity contribution is -0.385. The van der Waals surface area contributed by atoms with Crippen molar-refractivity contribution >= 4 is 31.7 Å². The minimum absolute atomic E-state index is 0.112. The highest BCUT2D eigenvalue weighted by atomic mass is 35.7. The molecule has 0 N–H and O–H groups in total. The topological polar surface area (TPSA) is 94.3 Å². The van der Waals surface area contributed by atoms with Crippen molar-refractivity contribution in [2.75, 3.05) is 0 Å². The van der Waals surface area contributed by atoms with Gasteiger partial charge in [-0.15, -0.1) is 0 Å². The number of nitro groups is 1. The first kappa shape index (κ1) is 12.6. The lowest BCUT2D eigenvalue weighted by atomic mass is 10.1. The van der Waals surface area contributed by atoms with Gasteiger partial charge < -0.3 is 0 Å². The Bertz CT molecular complexity index is 566. The summed E-state index contributed by atoms with van der Waals surface area (Å²) >= 11 is 0. The van der Waals surface area contributed by atoms with E-state index in [2.05, 4.69) is 0 Å². The number of nitro benzene ring substituents is 1. The highest BCUT2D eigenvalue weighted by Gasteiger charge is 2.26. The molecule has 0 saturated heterocycles. The van der Waals surface area contributed by atoms with Crippen LogP contribution in [-0.2, 0) is 9.05 Å². The molecular weight excluding hydrogens is 258 g/mol. The molecule has 0 aliphatic rings. The number of aldehydes is 1. The molecule has 16 heavy (non-hydrogen) atoms. The third-order valence-electron chi connectivity index (χ3n) is 1.94. The zero-order valence-corrected chi connectivity index (χ0v) is 9.58. The first-order valence-electron chi connectivity index (χ1n) is 3.97. The quantitative estimate of drug-likeness (QED) is 0.358. The largest absolute Gasteiger partial charge is 0.298 e. The van der Waals surface area contributed by atoms with Crippen LogP contribution in [0.4, 0.5) is 5.69 Å². The van der Waals surface area contributed by atoms with E-state index in [1.165, 1.54) is 13.0 Å². The molecule has 0 radical (unpaired) electrons. The predicted octanol–water partition coefficient (Wildman–Crippen LogP) is 1.64. The highest BCUT2D eigenvalue weighted by Crippen LogP contribution is 2.29. The molecule has 0 aliphatic carbocycles. The van der Waals surface area contributed by atoms with Gasteiger partial charge in [0.1, 0.15) is 5.56 Å². The van der Waals surface area contributed by atoms with Crippen LogP contribution in [0, 0.1) is 17.0 Å². The average molecular weight is 264 g/mol. The van der Waals surface area contributed by atoms with Crippen LogP contribution in [-0.4, -0.2) is 19.6 Å². The summed E-state index contributed by atoms with van der Waals surface area (Å²) < 4.78 is 22.2. The maximum absolute atomic E-state index is 11.1. The van der Waals surface area contributed by atoms with E-state index < -0.39 is 30.1 Å². The first-order valence-corrected chi connectivity index (χ1v) is 6.27. The van der Waals surface area contributed by atoms with Gasteiger partial charge in [-0.1, -0.05) is 6.07 Å². The van der Waals surface area contributed by atoms with E-state index in [1.807, 2.05) is 0 Å². The fraction of sp³-hybridized carbons (Fsp3) is 0.125. The van der Waals surface area contributed by atoms with Gasteiger partial charge in [0.2, 0.25) is 0 Å². The van der Waals surface area contributed by atoms with E-state index in [4.69, 9.17) is 10.7 Å². The van der Waals surface area contributed by atoms with Gasteiger partial charge in [0.05, 0.1) is 9.82 Å². The van der Waals surface area contributed by atoms with E-state index in [9.17, 15) is 23.3 Å². The molecule has 8 heteroatoms. The fourth-order valence-corrected chi connectivity index (χ4v) is 2.31. The van der Waals surface area contributed by atoms with E-state index in [-0.39, 0.29) is 11.8 Å². The molecule has 6 nitrogen and oxygen atoms in total. The van der Waals surface area contributed by atoms with Crippen molar-refractivity contribution in [3.8, 4) is 0 Å². The smallest absolute Gasteiger partial charge is 0.284 e. The minimum atomic E-state index is -4.18. The Morgan fingerprint density at radius 1 is 1.44 bits per heavy atom. The molecule has 0 atom stereocenters. The average Bonchev–Trinajstić information content (AvgIpc) is 2.14. The molecule has 0 heterocycles. The Morgan fingerprint density at radius 2 is 2.00 bits per heavy atom. The summed E-state index contributed by atoms with van der Waals surface area (Å²) in [5, 5.41) is 10.7. The second kappa shape index (κ2) is 4.18. The molecule has 0 spiro atoms. The zero-order chi connectivity index (χ0) is 12.5. The van der Waals surface area contributed by atoms with Gasteiger partial charge in [-0.3, -0.25) is 14.9 Å². The number of rotatable bonds is 3. The van der Waals surface area contributed by atoms with Crippen molar-refractivity contribution in [2.45, 2.75) is 11.8 Å². The second-order valence-electron chi connectivity index (χ2n) is 2.96. The van der Waals surface area contributed by atoms with E-state index in [0.717, 1.165) is 6.07 Å². The molecule has 1 aromatic carbocycles. The number of aryl methyl sites for hydroxylation is 1. The van der Waals surface area contributed by atoms with Crippen LogP contribution in [0.5, 0.6) is 0 Å². The fourth-order valence-electron chi connectivity index (χ4n) is 1.27. The number of carbonyl (C=O) groups excluding carboxylic acids is 1. The molecule has 1 aromatic rings. The van der Waals surface area contributed by atoms with E-state index >= 15 is 0 Å². The zero-order valence-electron chi connectivity index (χ0n) is 8.01. The maximum atomic E-state index is 11.1. The SMILES string of the molecule is Cc1ccc(S(=O)(=O)Cl)c(C=O)c1[N+](=O)[O-]. The molecular formula is C8H6ClNO5S. The first-order chi connectivity index (χ1) is 7.29. The maximum Gasteiger partial charge on any atom is 0.284 e. The Labute approximate surface area is 95.4 Å². The second-order valence-corrected chi connectivity index (χ2v) is 5.49. The molecule has 86 valence electrons. The number of benzene rings is 1. The summed E-state index contributed by atoms with van der Waals surface area (Å²) in [7, 11) is 0.880. The van der Waals surface area contributed by atoms with Crippen LogP contribution >= 0.6 is 10.7 Å². The van der Waals surface area contributed by atoms with Crippen molar-refractivity contribution in [3.63, 3.8) is 0 Å². The molecule has 0 bridgehead atoms. The third kappa shape index (κ3) is 2.20. The number of halogens is 1. The van der Waals surface area contributed by atoms with Gasteiger partial charge in [0.15, 0.2) is 6.29 Å². The Kier molecular flexibility index (Phi) is 3.30. The van der Waals surface area contributed by atoms with Crippen molar-refractivity contribution < 1.29 is 18.1 Å². The van der Waals surface area contributed by atoms with Crippen molar-refractivity contribution in [1.82, 2.24) is 0 Å².